The van der Waals surface area contributed by atoms with E-state index in [0.29, 0.717) is 5.56 Å². The summed E-state index contributed by atoms with van der Waals surface area (Å²) in [5.74, 6) is -0.645. The number of hydrogen-bond donors (Lipinski definition) is 2. The van der Waals surface area contributed by atoms with Crippen LogP contribution < -0.4 is 0 Å². The summed E-state index contributed by atoms with van der Waals surface area (Å²) in [5, 5.41) is 19.7. The molecule has 0 aromatic heterocycles. The largest absolute Gasteiger partial charge is 0.508 e. The summed E-state index contributed by atoms with van der Waals surface area (Å²) in [6.45, 7) is 3.98. The summed E-state index contributed by atoms with van der Waals surface area (Å²) in [6, 6.07) is 10.0. The quantitative estimate of drug-likeness (QED) is 0.836. The van der Waals surface area contributed by atoms with Crippen LogP contribution in [-0.4, -0.2) is 16.2 Å². The number of cyclic esters (lactones) is 1. The van der Waals surface area contributed by atoms with E-state index in [-0.39, 0.29) is 11.5 Å². The van der Waals surface area contributed by atoms with Gasteiger partial charge in [0.25, 0.3) is 0 Å². The molecular formula is C18H16O4. The van der Waals surface area contributed by atoms with Crippen molar-refractivity contribution >= 4 is 5.97 Å². The van der Waals surface area contributed by atoms with E-state index in [1.54, 1.807) is 12.1 Å². The van der Waals surface area contributed by atoms with Gasteiger partial charge in [0.15, 0.2) is 5.60 Å². The van der Waals surface area contributed by atoms with Crippen molar-refractivity contribution in [3.8, 4) is 11.5 Å². The molecule has 1 heterocycles. The summed E-state index contributed by atoms with van der Waals surface area (Å²) < 4.78 is 5.54. The molecule has 0 bridgehead atoms. The number of aryl methyl sites for hydroxylation is 2. The number of hydrogen-bond acceptors (Lipinski definition) is 4. The Balaban J connectivity index is 2.23. The Morgan fingerprint density at radius 1 is 1.00 bits per heavy atom. The lowest BCUT2D eigenvalue weighted by Crippen LogP contribution is -2.27. The van der Waals surface area contributed by atoms with E-state index in [1.807, 2.05) is 32.0 Å². The average molecular weight is 296 g/mol. The molecule has 1 aliphatic rings. The van der Waals surface area contributed by atoms with E-state index in [0.717, 1.165) is 16.7 Å². The van der Waals surface area contributed by atoms with Gasteiger partial charge in [0, 0.05) is 23.3 Å². The first kappa shape index (κ1) is 14.2. The van der Waals surface area contributed by atoms with Gasteiger partial charge in [-0.15, -0.1) is 0 Å². The molecule has 2 aromatic carbocycles. The molecule has 112 valence electrons. The van der Waals surface area contributed by atoms with Crippen LogP contribution in [0.15, 0.2) is 48.6 Å². The van der Waals surface area contributed by atoms with Crippen molar-refractivity contribution in [3.05, 3.63) is 70.8 Å². The van der Waals surface area contributed by atoms with Crippen molar-refractivity contribution in [2.75, 3.05) is 0 Å². The number of phenolic OH excluding ortho intramolecular Hbond substituents is 2. The van der Waals surface area contributed by atoms with Gasteiger partial charge in [0.2, 0.25) is 0 Å². The summed E-state index contributed by atoms with van der Waals surface area (Å²) in [5.41, 5.74) is 2.18. The molecule has 0 saturated carbocycles. The lowest BCUT2D eigenvalue weighted by atomic mass is 9.84. The Kier molecular flexibility index (Phi) is 3.17. The minimum absolute atomic E-state index is 0.0511. The van der Waals surface area contributed by atoms with Gasteiger partial charge >= 0.3 is 5.97 Å². The van der Waals surface area contributed by atoms with Gasteiger partial charge in [-0.25, -0.2) is 4.79 Å². The molecule has 1 unspecified atom stereocenters. The van der Waals surface area contributed by atoms with E-state index in [4.69, 9.17) is 4.74 Å². The highest BCUT2D eigenvalue weighted by atomic mass is 16.6. The van der Waals surface area contributed by atoms with Crippen LogP contribution in [0.2, 0.25) is 0 Å². The number of esters is 1. The van der Waals surface area contributed by atoms with Crippen LogP contribution in [0.1, 0.15) is 22.3 Å². The minimum atomic E-state index is -1.17. The Labute approximate surface area is 128 Å². The normalized spacial score (nSPS) is 20.2. The third kappa shape index (κ3) is 2.13. The molecule has 4 heteroatoms. The van der Waals surface area contributed by atoms with Crippen LogP contribution in [-0.2, 0) is 15.1 Å². The number of phenols is 2. The molecule has 2 N–H and O–H groups in total. The highest BCUT2D eigenvalue weighted by molar-refractivity contribution is 5.86. The van der Waals surface area contributed by atoms with Gasteiger partial charge in [0.1, 0.15) is 11.5 Å². The zero-order chi connectivity index (χ0) is 15.9. The van der Waals surface area contributed by atoms with Gasteiger partial charge in [-0.2, -0.15) is 0 Å². The Hall–Kier alpha value is -2.75. The first-order chi connectivity index (χ1) is 10.4. The van der Waals surface area contributed by atoms with E-state index < -0.39 is 11.6 Å². The van der Waals surface area contributed by atoms with Crippen molar-refractivity contribution in [3.63, 3.8) is 0 Å². The molecule has 2 aromatic rings. The van der Waals surface area contributed by atoms with Gasteiger partial charge in [-0.05, 0) is 43.2 Å². The highest BCUT2D eigenvalue weighted by Crippen LogP contribution is 2.43. The molecule has 3 rings (SSSR count). The van der Waals surface area contributed by atoms with Crippen LogP contribution in [0.25, 0.3) is 0 Å². The second-order valence-corrected chi connectivity index (χ2v) is 5.49. The summed E-state index contributed by atoms with van der Waals surface area (Å²) in [6.07, 6.45) is 2.98. The number of aromatic hydroxyl groups is 2. The zero-order valence-corrected chi connectivity index (χ0v) is 12.3. The highest BCUT2D eigenvalue weighted by Gasteiger charge is 2.41. The van der Waals surface area contributed by atoms with Crippen molar-refractivity contribution in [1.29, 1.82) is 0 Å². The van der Waals surface area contributed by atoms with Crippen LogP contribution in [0.5, 0.6) is 11.5 Å². The van der Waals surface area contributed by atoms with Crippen molar-refractivity contribution in [2.45, 2.75) is 19.4 Å². The first-order valence-electron chi connectivity index (χ1n) is 6.95. The van der Waals surface area contributed by atoms with Gasteiger partial charge in [0.05, 0.1) is 0 Å². The fourth-order valence-corrected chi connectivity index (χ4v) is 2.67. The smallest absolute Gasteiger partial charge is 0.332 e. The minimum Gasteiger partial charge on any atom is -0.508 e. The molecule has 0 amide bonds. The fraction of sp³-hybridized carbons (Fsp3) is 0.167. The van der Waals surface area contributed by atoms with E-state index in [9.17, 15) is 15.0 Å². The Morgan fingerprint density at radius 2 is 1.77 bits per heavy atom. The monoisotopic (exact) mass is 296 g/mol. The van der Waals surface area contributed by atoms with Crippen LogP contribution in [0, 0.1) is 13.8 Å². The van der Waals surface area contributed by atoms with E-state index in [2.05, 4.69) is 0 Å². The maximum atomic E-state index is 11.7. The SMILES string of the molecule is Cc1ccc(C2(c3ccc(O)cc3O)C=CC(=O)O2)cc1C. The van der Waals surface area contributed by atoms with E-state index in [1.165, 1.54) is 18.2 Å². The van der Waals surface area contributed by atoms with E-state index >= 15 is 0 Å². The van der Waals surface area contributed by atoms with Crippen LogP contribution in [0.3, 0.4) is 0 Å². The predicted octanol–water partition coefficient (Wildman–Crippen LogP) is 3.07. The van der Waals surface area contributed by atoms with Crippen LogP contribution in [0.4, 0.5) is 0 Å². The molecule has 0 spiro atoms. The number of rotatable bonds is 2. The molecule has 0 aliphatic carbocycles. The molecule has 4 nitrogen and oxygen atoms in total. The third-order valence-corrected chi connectivity index (χ3v) is 4.03. The second kappa shape index (κ2) is 4.91. The Morgan fingerprint density at radius 3 is 2.36 bits per heavy atom. The summed E-state index contributed by atoms with van der Waals surface area (Å²) in [7, 11) is 0. The first-order valence-corrected chi connectivity index (χ1v) is 6.95. The molecule has 0 radical (unpaired) electrons. The predicted molar refractivity (Wildman–Crippen MR) is 81.7 cm³/mol. The van der Waals surface area contributed by atoms with Crippen molar-refractivity contribution in [1.82, 2.24) is 0 Å². The van der Waals surface area contributed by atoms with Crippen molar-refractivity contribution in [2.24, 2.45) is 0 Å². The zero-order valence-electron chi connectivity index (χ0n) is 12.3. The summed E-state index contributed by atoms with van der Waals surface area (Å²) in [4.78, 5) is 11.7. The van der Waals surface area contributed by atoms with Gasteiger partial charge in [-0.3, -0.25) is 0 Å². The molecular weight excluding hydrogens is 280 g/mol. The maximum Gasteiger partial charge on any atom is 0.332 e. The van der Waals surface area contributed by atoms with Gasteiger partial charge < -0.3 is 14.9 Å². The standard InChI is InChI=1S/C18H16O4/c1-11-3-4-13(9-12(11)2)18(8-7-17(21)22-18)15-6-5-14(19)10-16(15)20/h3-10,19-20H,1-2H3. The van der Waals surface area contributed by atoms with Crippen molar-refractivity contribution < 1.29 is 19.7 Å². The Bertz CT molecular complexity index is 792. The fourth-order valence-electron chi connectivity index (χ4n) is 2.67. The lowest BCUT2D eigenvalue weighted by Gasteiger charge is -2.29. The number of ether oxygens (including phenoxy) is 1. The number of benzene rings is 2. The van der Waals surface area contributed by atoms with Gasteiger partial charge in [-0.1, -0.05) is 18.2 Å². The molecule has 1 atom stereocenters. The van der Waals surface area contributed by atoms with Crippen LogP contribution >= 0.6 is 0 Å². The molecule has 0 fully saturated rings. The number of carbonyl (C=O) groups excluding carboxylic acids is 1. The average Bonchev–Trinajstić information content (AvgIpc) is 2.85. The topological polar surface area (TPSA) is 66.8 Å². The third-order valence-electron chi connectivity index (χ3n) is 4.03. The molecule has 0 saturated heterocycles. The molecule has 1 aliphatic heterocycles. The lowest BCUT2D eigenvalue weighted by molar-refractivity contribution is -0.143. The second-order valence-electron chi connectivity index (χ2n) is 5.49. The maximum absolute atomic E-state index is 11.7. The summed E-state index contributed by atoms with van der Waals surface area (Å²) >= 11 is 0. The number of carbonyl (C=O) groups is 1. The molecule has 22 heavy (non-hydrogen) atoms.